The molecule has 0 N–H and O–H groups in total. The van der Waals surface area contributed by atoms with Crippen LogP contribution in [0.4, 0.5) is 0 Å². The van der Waals surface area contributed by atoms with Gasteiger partial charge in [-0.05, 0) is 11.8 Å². The zero-order valence-corrected chi connectivity index (χ0v) is 16.9. The van der Waals surface area contributed by atoms with Gasteiger partial charge in [-0.25, -0.2) is 0 Å². The second kappa shape index (κ2) is 16.8. The lowest BCUT2D eigenvalue weighted by molar-refractivity contribution is 0.261. The van der Waals surface area contributed by atoms with Gasteiger partial charge in [0.15, 0.2) is 0 Å². The van der Waals surface area contributed by atoms with Crippen LogP contribution in [0.1, 0.15) is 136 Å². The predicted octanol–water partition coefficient (Wildman–Crippen LogP) is 8.89. The van der Waals surface area contributed by atoms with Crippen molar-refractivity contribution < 1.29 is 0 Å². The quantitative estimate of drug-likeness (QED) is 0.221. The molecular formula is C23H47. The second-order valence-corrected chi connectivity index (χ2v) is 8.07. The highest BCUT2D eigenvalue weighted by molar-refractivity contribution is 4.70. The van der Waals surface area contributed by atoms with Crippen molar-refractivity contribution >= 4 is 0 Å². The zero-order valence-electron chi connectivity index (χ0n) is 16.9. The molecule has 23 heavy (non-hydrogen) atoms. The van der Waals surface area contributed by atoms with Gasteiger partial charge in [0.1, 0.15) is 0 Å². The van der Waals surface area contributed by atoms with Gasteiger partial charge in [-0.3, -0.25) is 0 Å². The Labute approximate surface area is 149 Å². The Hall–Kier alpha value is 0. The normalized spacial score (nSPS) is 12.0. The van der Waals surface area contributed by atoms with E-state index in [0.29, 0.717) is 5.41 Å². The van der Waals surface area contributed by atoms with Crippen molar-refractivity contribution in [2.75, 3.05) is 0 Å². The lowest BCUT2D eigenvalue weighted by Crippen LogP contribution is -2.13. The average Bonchev–Trinajstić information content (AvgIpc) is 2.58. The fourth-order valence-corrected chi connectivity index (χ4v) is 3.45. The summed E-state index contributed by atoms with van der Waals surface area (Å²) < 4.78 is 0. The smallest absolute Gasteiger partial charge is 0.0331 e. The third kappa shape index (κ3) is 15.3. The largest absolute Gasteiger partial charge is 0.0649 e. The van der Waals surface area contributed by atoms with Crippen LogP contribution >= 0.6 is 0 Å². The van der Waals surface area contributed by atoms with Gasteiger partial charge in [-0.1, -0.05) is 137 Å². The Kier molecular flexibility index (Phi) is 16.8. The summed E-state index contributed by atoms with van der Waals surface area (Å²) >= 11 is 0. The average molecular weight is 324 g/mol. The van der Waals surface area contributed by atoms with Crippen molar-refractivity contribution in [1.29, 1.82) is 0 Å². The first kappa shape index (κ1) is 23.0. The summed E-state index contributed by atoms with van der Waals surface area (Å²) in [5.74, 6) is 0. The third-order valence-electron chi connectivity index (χ3n) is 5.99. The van der Waals surface area contributed by atoms with Crippen LogP contribution in [0.15, 0.2) is 0 Å². The van der Waals surface area contributed by atoms with E-state index >= 15 is 0 Å². The predicted molar refractivity (Wildman–Crippen MR) is 108 cm³/mol. The standard InChI is InChI=1S/C23H47/c1-5-8-9-10-11-12-13-14-15-16-17-18-19-20-21-22-23(4,6-2)7-3/h1,5-22H2,2-4H3. The van der Waals surface area contributed by atoms with E-state index in [-0.39, 0.29) is 0 Å². The van der Waals surface area contributed by atoms with E-state index in [4.69, 9.17) is 0 Å². The molecule has 1 radical (unpaired) electrons. The molecule has 0 atom stereocenters. The summed E-state index contributed by atoms with van der Waals surface area (Å²) in [5.41, 5.74) is 0.618. The van der Waals surface area contributed by atoms with Crippen molar-refractivity contribution in [2.24, 2.45) is 5.41 Å². The molecule has 0 aromatic carbocycles. The highest BCUT2D eigenvalue weighted by Crippen LogP contribution is 2.31. The highest BCUT2D eigenvalue weighted by atomic mass is 14.2. The number of unbranched alkanes of at least 4 members (excludes halogenated alkanes) is 14. The molecule has 0 aliphatic rings. The molecule has 0 aliphatic carbocycles. The summed E-state index contributed by atoms with van der Waals surface area (Å²) in [7, 11) is 0. The molecule has 139 valence electrons. The summed E-state index contributed by atoms with van der Waals surface area (Å²) in [5, 5.41) is 0. The first-order valence-corrected chi connectivity index (χ1v) is 11.0. The molecule has 0 bridgehead atoms. The minimum atomic E-state index is 0.618. The lowest BCUT2D eigenvalue weighted by atomic mass is 9.80. The van der Waals surface area contributed by atoms with Gasteiger partial charge in [0, 0.05) is 0 Å². The van der Waals surface area contributed by atoms with E-state index in [0.717, 1.165) is 6.42 Å². The molecule has 0 amide bonds. The Morgan fingerprint density at radius 3 is 1.13 bits per heavy atom. The maximum Gasteiger partial charge on any atom is -0.0331 e. The van der Waals surface area contributed by atoms with E-state index in [9.17, 15) is 0 Å². The fraction of sp³-hybridized carbons (Fsp3) is 0.957. The molecule has 0 heteroatoms. The lowest BCUT2D eigenvalue weighted by Gasteiger charge is -2.26. The van der Waals surface area contributed by atoms with E-state index in [1.807, 2.05) is 0 Å². The summed E-state index contributed by atoms with van der Waals surface area (Å²) in [4.78, 5) is 0. The molecule has 0 aromatic heterocycles. The fourth-order valence-electron chi connectivity index (χ4n) is 3.45. The first-order chi connectivity index (χ1) is 11.2. The van der Waals surface area contributed by atoms with Gasteiger partial charge in [0.25, 0.3) is 0 Å². The number of rotatable bonds is 18. The summed E-state index contributed by atoms with van der Waals surface area (Å²) in [6.07, 6.45) is 25.6. The number of hydrogen-bond donors (Lipinski definition) is 0. The molecule has 0 aliphatic heterocycles. The zero-order chi connectivity index (χ0) is 17.2. The minimum absolute atomic E-state index is 0.618. The molecule has 0 saturated carbocycles. The maximum atomic E-state index is 3.90. The summed E-state index contributed by atoms with van der Waals surface area (Å²) in [6, 6.07) is 0. The molecule has 0 heterocycles. The molecule has 0 unspecified atom stereocenters. The van der Waals surface area contributed by atoms with E-state index in [1.54, 1.807) is 0 Å². The molecule has 0 aromatic rings. The topological polar surface area (TPSA) is 0 Å². The van der Waals surface area contributed by atoms with Crippen LogP contribution in [0.25, 0.3) is 0 Å². The first-order valence-electron chi connectivity index (χ1n) is 11.0. The van der Waals surface area contributed by atoms with Gasteiger partial charge >= 0.3 is 0 Å². The van der Waals surface area contributed by atoms with Gasteiger partial charge < -0.3 is 0 Å². The van der Waals surface area contributed by atoms with E-state index < -0.39 is 0 Å². The molecule has 0 spiro atoms. The third-order valence-corrected chi connectivity index (χ3v) is 5.99. The summed E-state index contributed by atoms with van der Waals surface area (Å²) in [6.45, 7) is 11.1. The Morgan fingerprint density at radius 1 is 0.522 bits per heavy atom. The molecule has 0 nitrogen and oxygen atoms in total. The van der Waals surface area contributed by atoms with Crippen molar-refractivity contribution in [2.45, 2.75) is 136 Å². The number of hydrogen-bond acceptors (Lipinski definition) is 0. The van der Waals surface area contributed by atoms with Crippen LogP contribution < -0.4 is 0 Å². The van der Waals surface area contributed by atoms with Crippen molar-refractivity contribution in [3.8, 4) is 0 Å². The van der Waals surface area contributed by atoms with Crippen LogP contribution in [0, 0.1) is 12.3 Å². The van der Waals surface area contributed by atoms with Crippen LogP contribution in [0.3, 0.4) is 0 Å². The minimum Gasteiger partial charge on any atom is -0.0649 e. The monoisotopic (exact) mass is 323 g/mol. The van der Waals surface area contributed by atoms with Crippen molar-refractivity contribution in [3.63, 3.8) is 0 Å². The Bertz CT molecular complexity index is 214. The van der Waals surface area contributed by atoms with E-state index in [2.05, 4.69) is 27.7 Å². The Morgan fingerprint density at radius 2 is 0.826 bits per heavy atom. The van der Waals surface area contributed by atoms with Gasteiger partial charge in [-0.2, -0.15) is 0 Å². The van der Waals surface area contributed by atoms with Gasteiger partial charge in [0.2, 0.25) is 0 Å². The second-order valence-electron chi connectivity index (χ2n) is 8.07. The van der Waals surface area contributed by atoms with Gasteiger partial charge in [0.05, 0.1) is 0 Å². The van der Waals surface area contributed by atoms with E-state index in [1.165, 1.54) is 109 Å². The highest BCUT2D eigenvalue weighted by Gasteiger charge is 2.18. The Balaban J connectivity index is 3.14. The van der Waals surface area contributed by atoms with Gasteiger partial charge in [-0.15, -0.1) is 0 Å². The molecule has 0 fully saturated rings. The van der Waals surface area contributed by atoms with Crippen LogP contribution in [0.5, 0.6) is 0 Å². The maximum absolute atomic E-state index is 3.90. The van der Waals surface area contributed by atoms with Crippen LogP contribution in [-0.4, -0.2) is 0 Å². The van der Waals surface area contributed by atoms with Crippen LogP contribution in [0.2, 0.25) is 0 Å². The van der Waals surface area contributed by atoms with Crippen molar-refractivity contribution in [1.82, 2.24) is 0 Å². The van der Waals surface area contributed by atoms with Crippen molar-refractivity contribution in [3.05, 3.63) is 6.92 Å². The molecule has 0 rings (SSSR count). The molecule has 0 saturated heterocycles. The molecular weight excluding hydrogens is 276 g/mol. The SMILES string of the molecule is [CH2]CCCCCCCCCCCCCCCCC(C)(CC)CC. The van der Waals surface area contributed by atoms with Crippen LogP contribution in [-0.2, 0) is 0 Å².